The van der Waals surface area contributed by atoms with E-state index in [1.54, 1.807) is 16.7 Å². The van der Waals surface area contributed by atoms with Crippen LogP contribution in [0.4, 0.5) is 0 Å². The molecule has 4 unspecified atom stereocenters. The Balaban J connectivity index is 1.63. The highest BCUT2D eigenvalue weighted by Gasteiger charge is 2.49. The Morgan fingerprint density at radius 2 is 2.15 bits per heavy atom. The van der Waals surface area contributed by atoms with E-state index in [0.717, 1.165) is 11.8 Å². The lowest BCUT2D eigenvalue weighted by Gasteiger charge is -2.40. The molecule has 106 valence electrons. The van der Waals surface area contributed by atoms with Gasteiger partial charge in [-0.25, -0.2) is 0 Å². The fraction of sp³-hybridized carbons (Fsp3) is 0.600. The van der Waals surface area contributed by atoms with Crippen LogP contribution in [-0.4, -0.2) is 0 Å². The third kappa shape index (κ3) is 1.80. The van der Waals surface area contributed by atoms with Crippen LogP contribution in [0.2, 0.25) is 0 Å². The molecule has 2 bridgehead atoms. The van der Waals surface area contributed by atoms with Gasteiger partial charge in [0.2, 0.25) is 0 Å². The van der Waals surface area contributed by atoms with Gasteiger partial charge in [-0.3, -0.25) is 0 Å². The monoisotopic (exact) mass is 266 g/mol. The Morgan fingerprint density at radius 3 is 2.85 bits per heavy atom. The third-order valence-corrected chi connectivity index (χ3v) is 6.47. The average Bonchev–Trinajstić information content (AvgIpc) is 3.06. The lowest BCUT2D eigenvalue weighted by Crippen LogP contribution is -2.32. The Hall–Kier alpha value is -1.04. The molecule has 0 amide bonds. The Morgan fingerprint density at radius 1 is 1.25 bits per heavy atom. The summed E-state index contributed by atoms with van der Waals surface area (Å²) in [6.07, 6.45) is 13.3. The van der Waals surface area contributed by atoms with E-state index >= 15 is 0 Å². The summed E-state index contributed by atoms with van der Waals surface area (Å²) < 4.78 is 0. The summed E-state index contributed by atoms with van der Waals surface area (Å²) in [5, 5.41) is 0. The molecule has 0 heterocycles. The molecule has 0 aromatic heterocycles. The molecule has 0 aliphatic heterocycles. The van der Waals surface area contributed by atoms with Gasteiger partial charge in [0.1, 0.15) is 0 Å². The van der Waals surface area contributed by atoms with Gasteiger partial charge >= 0.3 is 0 Å². The molecule has 1 spiro atoms. The van der Waals surface area contributed by atoms with Crippen molar-refractivity contribution in [2.45, 2.75) is 58.3 Å². The van der Waals surface area contributed by atoms with Crippen LogP contribution in [0.1, 0.15) is 62.1 Å². The van der Waals surface area contributed by atoms with Crippen LogP contribution >= 0.6 is 0 Å². The van der Waals surface area contributed by atoms with Crippen molar-refractivity contribution in [1.29, 1.82) is 0 Å². The van der Waals surface area contributed by atoms with E-state index in [2.05, 4.69) is 44.2 Å². The van der Waals surface area contributed by atoms with Crippen molar-refractivity contribution in [2.75, 3.05) is 0 Å². The van der Waals surface area contributed by atoms with Crippen LogP contribution in [0.5, 0.6) is 0 Å². The van der Waals surface area contributed by atoms with E-state index in [-0.39, 0.29) is 0 Å². The molecule has 1 fully saturated rings. The van der Waals surface area contributed by atoms with Crippen LogP contribution in [-0.2, 0) is 12.8 Å². The van der Waals surface area contributed by atoms with Gasteiger partial charge in [-0.15, -0.1) is 0 Å². The van der Waals surface area contributed by atoms with E-state index in [9.17, 15) is 0 Å². The van der Waals surface area contributed by atoms with Crippen molar-refractivity contribution in [3.8, 4) is 0 Å². The van der Waals surface area contributed by atoms with E-state index in [0.29, 0.717) is 11.3 Å². The molecule has 1 saturated carbocycles. The fourth-order valence-corrected chi connectivity index (χ4v) is 4.99. The SMILES string of the molecule is CCC(C)c1ccc2c(c1)CCC1(C2)CC2C=CC1C2. The molecular weight excluding hydrogens is 240 g/mol. The number of aryl methyl sites for hydroxylation is 1. The Kier molecular flexibility index (Phi) is 2.84. The molecule has 0 radical (unpaired) electrons. The quantitative estimate of drug-likeness (QED) is 0.640. The number of benzene rings is 1. The Labute approximate surface area is 123 Å². The fourth-order valence-electron chi connectivity index (χ4n) is 4.99. The maximum Gasteiger partial charge on any atom is -0.0168 e. The molecule has 20 heavy (non-hydrogen) atoms. The molecule has 0 saturated heterocycles. The maximum absolute atomic E-state index is 2.53. The summed E-state index contributed by atoms with van der Waals surface area (Å²) in [5.41, 5.74) is 5.49. The normalized spacial score (nSPS) is 35.5. The Bertz CT molecular complexity index is 553. The number of rotatable bonds is 2. The summed E-state index contributed by atoms with van der Waals surface area (Å²) in [6, 6.07) is 7.36. The lowest BCUT2D eigenvalue weighted by molar-refractivity contribution is 0.195. The minimum atomic E-state index is 0.629. The first-order valence-electron chi connectivity index (χ1n) is 8.50. The van der Waals surface area contributed by atoms with Gasteiger partial charge < -0.3 is 0 Å². The molecule has 0 N–H and O–H groups in total. The first kappa shape index (κ1) is 12.7. The second-order valence-corrected chi connectivity index (χ2v) is 7.57. The van der Waals surface area contributed by atoms with Crippen molar-refractivity contribution < 1.29 is 0 Å². The number of hydrogen-bond donors (Lipinski definition) is 0. The first-order valence-corrected chi connectivity index (χ1v) is 8.50. The second kappa shape index (κ2) is 4.48. The largest absolute Gasteiger partial charge is 0.0851 e. The van der Waals surface area contributed by atoms with Gasteiger partial charge in [0, 0.05) is 0 Å². The molecule has 3 aliphatic carbocycles. The minimum Gasteiger partial charge on any atom is -0.0851 e. The lowest BCUT2D eigenvalue weighted by atomic mass is 9.64. The molecule has 4 atom stereocenters. The van der Waals surface area contributed by atoms with Gasteiger partial charge in [-0.05, 0) is 78.4 Å². The second-order valence-electron chi connectivity index (χ2n) is 7.57. The first-order chi connectivity index (χ1) is 9.70. The van der Waals surface area contributed by atoms with Crippen molar-refractivity contribution in [2.24, 2.45) is 17.3 Å². The molecule has 0 nitrogen and oxygen atoms in total. The van der Waals surface area contributed by atoms with Gasteiger partial charge in [-0.2, -0.15) is 0 Å². The molecule has 1 aromatic carbocycles. The maximum atomic E-state index is 2.53. The van der Waals surface area contributed by atoms with Crippen LogP contribution < -0.4 is 0 Å². The van der Waals surface area contributed by atoms with Crippen molar-refractivity contribution in [3.05, 3.63) is 47.0 Å². The van der Waals surface area contributed by atoms with Crippen molar-refractivity contribution in [3.63, 3.8) is 0 Å². The highest BCUT2D eigenvalue weighted by atomic mass is 14.5. The van der Waals surface area contributed by atoms with E-state index < -0.39 is 0 Å². The van der Waals surface area contributed by atoms with Gasteiger partial charge in [0.15, 0.2) is 0 Å². The summed E-state index contributed by atoms with van der Waals surface area (Å²) in [4.78, 5) is 0. The standard InChI is InChI=1S/C20H26/c1-3-14(2)16-5-6-18-13-20(9-8-17(18)11-16)12-15-4-7-19(20)10-15/h4-7,11,14-15,19H,3,8-10,12-13H2,1-2H3. The molecule has 0 heteroatoms. The van der Waals surface area contributed by atoms with Crippen LogP contribution in [0, 0.1) is 17.3 Å². The van der Waals surface area contributed by atoms with Gasteiger partial charge in [0.25, 0.3) is 0 Å². The van der Waals surface area contributed by atoms with E-state index in [4.69, 9.17) is 0 Å². The molecule has 4 rings (SSSR count). The van der Waals surface area contributed by atoms with E-state index in [1.165, 1.54) is 38.5 Å². The predicted octanol–water partition coefficient (Wildman–Crippen LogP) is 5.27. The van der Waals surface area contributed by atoms with Gasteiger partial charge in [0.05, 0.1) is 0 Å². The predicted molar refractivity (Wildman–Crippen MR) is 85.0 cm³/mol. The highest BCUT2D eigenvalue weighted by Crippen LogP contribution is 2.57. The van der Waals surface area contributed by atoms with Crippen LogP contribution in [0.25, 0.3) is 0 Å². The summed E-state index contributed by atoms with van der Waals surface area (Å²) >= 11 is 0. The number of fused-ring (bicyclic) bond motifs is 4. The third-order valence-electron chi connectivity index (χ3n) is 6.47. The summed E-state index contributed by atoms with van der Waals surface area (Å²) in [5.74, 6) is 2.50. The minimum absolute atomic E-state index is 0.629. The smallest absolute Gasteiger partial charge is 0.0168 e. The number of allylic oxidation sites excluding steroid dienone is 2. The van der Waals surface area contributed by atoms with Crippen molar-refractivity contribution >= 4 is 0 Å². The summed E-state index contributed by atoms with van der Waals surface area (Å²) in [6.45, 7) is 4.65. The van der Waals surface area contributed by atoms with Crippen LogP contribution in [0.3, 0.4) is 0 Å². The summed E-state index contributed by atoms with van der Waals surface area (Å²) in [7, 11) is 0. The van der Waals surface area contributed by atoms with E-state index in [1.807, 2.05) is 0 Å². The molecule has 1 aromatic rings. The van der Waals surface area contributed by atoms with Crippen LogP contribution in [0.15, 0.2) is 30.4 Å². The zero-order chi connectivity index (χ0) is 13.7. The van der Waals surface area contributed by atoms with Crippen molar-refractivity contribution in [1.82, 2.24) is 0 Å². The topological polar surface area (TPSA) is 0 Å². The zero-order valence-corrected chi connectivity index (χ0v) is 12.9. The molecule has 3 aliphatic rings. The number of hydrogen-bond acceptors (Lipinski definition) is 0. The average molecular weight is 266 g/mol. The molecular formula is C20H26. The van der Waals surface area contributed by atoms with Gasteiger partial charge in [-0.1, -0.05) is 44.2 Å². The highest BCUT2D eigenvalue weighted by molar-refractivity contribution is 5.38. The zero-order valence-electron chi connectivity index (χ0n) is 12.9.